The van der Waals surface area contributed by atoms with Gasteiger partial charge < -0.3 is 19.5 Å². The Kier molecular flexibility index (Phi) is 6.08. The van der Waals surface area contributed by atoms with Gasteiger partial charge in [-0.25, -0.2) is 0 Å². The van der Waals surface area contributed by atoms with Crippen molar-refractivity contribution in [3.05, 3.63) is 53.2 Å². The second kappa shape index (κ2) is 8.69. The van der Waals surface area contributed by atoms with E-state index in [1.165, 1.54) is 0 Å². The molecule has 1 saturated heterocycles. The first-order valence-corrected chi connectivity index (χ1v) is 9.24. The van der Waals surface area contributed by atoms with Crippen molar-refractivity contribution in [1.82, 2.24) is 20.1 Å². The molecule has 0 bridgehead atoms. The van der Waals surface area contributed by atoms with Gasteiger partial charge in [-0.1, -0.05) is 6.07 Å². The lowest BCUT2D eigenvalue weighted by Crippen LogP contribution is -2.52. The molecule has 1 aliphatic rings. The van der Waals surface area contributed by atoms with E-state index in [0.717, 1.165) is 5.69 Å². The van der Waals surface area contributed by atoms with Gasteiger partial charge in [-0.2, -0.15) is 0 Å². The molecule has 0 atom stereocenters. The maximum atomic E-state index is 12.4. The smallest absolute Gasteiger partial charge is 0.255 e. The molecule has 2 aromatic rings. The lowest BCUT2D eigenvalue weighted by atomic mass is 10.2. The van der Waals surface area contributed by atoms with Crippen molar-refractivity contribution >= 4 is 17.7 Å². The van der Waals surface area contributed by atoms with Crippen LogP contribution >= 0.6 is 0 Å². The molecule has 8 heteroatoms. The van der Waals surface area contributed by atoms with Crippen LogP contribution in [0.25, 0.3) is 0 Å². The predicted molar refractivity (Wildman–Crippen MR) is 102 cm³/mol. The number of aromatic nitrogens is 1. The molecule has 3 amide bonds. The number of pyridine rings is 1. The zero-order valence-electron chi connectivity index (χ0n) is 16.1. The third kappa shape index (κ3) is 4.76. The number of rotatable bonds is 5. The van der Waals surface area contributed by atoms with Crippen molar-refractivity contribution in [2.75, 3.05) is 32.7 Å². The molecular formula is C20H24N4O4. The van der Waals surface area contributed by atoms with Crippen LogP contribution in [-0.2, 0) is 16.0 Å². The highest BCUT2D eigenvalue weighted by Gasteiger charge is 2.25. The van der Waals surface area contributed by atoms with Gasteiger partial charge in [-0.3, -0.25) is 19.4 Å². The van der Waals surface area contributed by atoms with E-state index in [0.29, 0.717) is 43.3 Å². The maximum absolute atomic E-state index is 12.4. The molecule has 1 fully saturated rings. The van der Waals surface area contributed by atoms with Crippen LogP contribution in [0, 0.1) is 13.8 Å². The van der Waals surface area contributed by atoms with Gasteiger partial charge in [0.15, 0.2) is 0 Å². The van der Waals surface area contributed by atoms with E-state index < -0.39 is 0 Å². The number of hydrogen-bond acceptors (Lipinski definition) is 5. The highest BCUT2D eigenvalue weighted by atomic mass is 16.3. The topological polar surface area (TPSA) is 95.8 Å². The Labute approximate surface area is 163 Å². The minimum absolute atomic E-state index is 0.00454. The molecule has 1 aliphatic heterocycles. The molecule has 1 N–H and O–H groups in total. The molecule has 2 aromatic heterocycles. The summed E-state index contributed by atoms with van der Waals surface area (Å²) < 4.78 is 5.34. The summed E-state index contributed by atoms with van der Waals surface area (Å²) in [7, 11) is 0. The second-order valence-electron chi connectivity index (χ2n) is 6.77. The first-order chi connectivity index (χ1) is 13.4. The maximum Gasteiger partial charge on any atom is 0.255 e. The minimum Gasteiger partial charge on any atom is -0.466 e. The number of carbonyl (C=O) groups is 3. The summed E-state index contributed by atoms with van der Waals surface area (Å²) in [5.41, 5.74) is 1.17. The summed E-state index contributed by atoms with van der Waals surface area (Å²) in [6, 6.07) is 7.14. The van der Waals surface area contributed by atoms with Gasteiger partial charge in [0.05, 0.1) is 18.5 Å². The predicted octanol–water partition coefficient (Wildman–Crippen LogP) is 0.935. The van der Waals surface area contributed by atoms with Gasteiger partial charge in [-0.15, -0.1) is 0 Å². The molecular weight excluding hydrogens is 360 g/mol. The van der Waals surface area contributed by atoms with E-state index in [1.807, 2.05) is 18.2 Å². The highest BCUT2D eigenvalue weighted by Crippen LogP contribution is 2.13. The minimum atomic E-state index is -0.327. The lowest BCUT2D eigenvalue weighted by Gasteiger charge is -2.34. The molecule has 8 nitrogen and oxygen atoms in total. The standard InChI is InChI=1S/C20H24N4O4/c1-14-11-17(15(2)28-14)20(27)22-13-19(26)24-9-7-23(8-10-24)18(25)12-16-5-3-4-6-21-16/h3-6,11H,7-10,12-13H2,1-2H3,(H,22,27). The normalized spacial score (nSPS) is 14.1. The Morgan fingerprint density at radius 1 is 1.07 bits per heavy atom. The van der Waals surface area contributed by atoms with Crippen LogP contribution in [0.3, 0.4) is 0 Å². The van der Waals surface area contributed by atoms with Crippen molar-refractivity contribution in [2.24, 2.45) is 0 Å². The third-order valence-electron chi connectivity index (χ3n) is 4.73. The molecule has 0 radical (unpaired) electrons. The Morgan fingerprint density at radius 3 is 2.32 bits per heavy atom. The largest absolute Gasteiger partial charge is 0.466 e. The molecule has 0 spiro atoms. The van der Waals surface area contributed by atoms with Crippen LogP contribution in [0.15, 0.2) is 34.9 Å². The van der Waals surface area contributed by atoms with Crippen LogP contribution in [0.4, 0.5) is 0 Å². The first kappa shape index (κ1) is 19.6. The fourth-order valence-electron chi connectivity index (χ4n) is 3.19. The van der Waals surface area contributed by atoms with E-state index in [4.69, 9.17) is 4.42 Å². The van der Waals surface area contributed by atoms with Gasteiger partial charge in [0, 0.05) is 38.1 Å². The molecule has 3 rings (SSSR count). The number of nitrogens with one attached hydrogen (secondary N) is 1. The Morgan fingerprint density at radius 2 is 1.75 bits per heavy atom. The van der Waals surface area contributed by atoms with E-state index in [9.17, 15) is 14.4 Å². The van der Waals surface area contributed by atoms with Gasteiger partial charge in [0.25, 0.3) is 5.91 Å². The van der Waals surface area contributed by atoms with Crippen molar-refractivity contribution in [2.45, 2.75) is 20.3 Å². The zero-order chi connectivity index (χ0) is 20.1. The summed E-state index contributed by atoms with van der Waals surface area (Å²) in [4.78, 5) is 44.5. The van der Waals surface area contributed by atoms with Crippen LogP contribution < -0.4 is 5.32 Å². The fraction of sp³-hybridized carbons (Fsp3) is 0.400. The average molecular weight is 384 g/mol. The molecule has 0 aliphatic carbocycles. The van der Waals surface area contributed by atoms with E-state index >= 15 is 0 Å². The molecule has 0 unspecified atom stereocenters. The number of amides is 3. The quantitative estimate of drug-likeness (QED) is 0.828. The van der Waals surface area contributed by atoms with Gasteiger partial charge >= 0.3 is 0 Å². The zero-order valence-corrected chi connectivity index (χ0v) is 16.1. The summed E-state index contributed by atoms with van der Waals surface area (Å²) >= 11 is 0. The Balaban J connectivity index is 1.44. The van der Waals surface area contributed by atoms with E-state index in [1.54, 1.807) is 35.9 Å². The summed E-state index contributed by atoms with van der Waals surface area (Å²) in [6.45, 7) is 5.26. The number of aryl methyl sites for hydroxylation is 2. The van der Waals surface area contributed by atoms with Gasteiger partial charge in [0.1, 0.15) is 11.5 Å². The average Bonchev–Trinajstić information content (AvgIpc) is 3.05. The summed E-state index contributed by atoms with van der Waals surface area (Å²) in [6.07, 6.45) is 1.92. The number of nitrogens with zero attached hydrogens (tertiary/aromatic N) is 3. The third-order valence-corrected chi connectivity index (χ3v) is 4.73. The molecule has 0 saturated carbocycles. The number of furan rings is 1. The highest BCUT2D eigenvalue weighted by molar-refractivity contribution is 5.97. The van der Waals surface area contributed by atoms with Gasteiger partial charge in [0.2, 0.25) is 11.8 Å². The van der Waals surface area contributed by atoms with E-state index in [-0.39, 0.29) is 30.7 Å². The first-order valence-electron chi connectivity index (χ1n) is 9.24. The van der Waals surface area contributed by atoms with Crippen molar-refractivity contribution < 1.29 is 18.8 Å². The summed E-state index contributed by atoms with van der Waals surface area (Å²) in [5, 5.41) is 2.64. The Hall–Kier alpha value is -3.16. The number of piperazine rings is 1. The molecule has 3 heterocycles. The van der Waals surface area contributed by atoms with Crippen LogP contribution in [0.2, 0.25) is 0 Å². The van der Waals surface area contributed by atoms with Gasteiger partial charge in [-0.05, 0) is 32.0 Å². The van der Waals surface area contributed by atoms with Crippen LogP contribution in [0.1, 0.15) is 27.6 Å². The lowest BCUT2D eigenvalue weighted by molar-refractivity contribution is -0.138. The molecule has 28 heavy (non-hydrogen) atoms. The number of hydrogen-bond donors (Lipinski definition) is 1. The van der Waals surface area contributed by atoms with Crippen LogP contribution in [-0.4, -0.2) is 65.2 Å². The summed E-state index contributed by atoms with van der Waals surface area (Å²) in [5.74, 6) is 0.697. The van der Waals surface area contributed by atoms with Crippen LogP contribution in [0.5, 0.6) is 0 Å². The SMILES string of the molecule is Cc1cc(C(=O)NCC(=O)N2CCN(C(=O)Cc3ccccn3)CC2)c(C)o1. The van der Waals surface area contributed by atoms with Crippen molar-refractivity contribution in [3.8, 4) is 0 Å². The molecule has 0 aromatic carbocycles. The Bertz CT molecular complexity index is 854. The van der Waals surface area contributed by atoms with E-state index in [2.05, 4.69) is 10.3 Å². The monoisotopic (exact) mass is 384 g/mol. The number of carbonyl (C=O) groups excluding carboxylic acids is 3. The van der Waals surface area contributed by atoms with Crippen molar-refractivity contribution in [1.29, 1.82) is 0 Å². The van der Waals surface area contributed by atoms with Crippen molar-refractivity contribution in [3.63, 3.8) is 0 Å². The molecule has 148 valence electrons. The second-order valence-corrected chi connectivity index (χ2v) is 6.77. The fourth-order valence-corrected chi connectivity index (χ4v) is 3.19.